The molecule has 1 aromatic carbocycles. The Hall–Kier alpha value is -2.25. The van der Waals surface area contributed by atoms with Gasteiger partial charge < -0.3 is 19.4 Å². The first-order valence-electron chi connectivity index (χ1n) is 8.39. The van der Waals surface area contributed by atoms with Gasteiger partial charge in [0.15, 0.2) is 0 Å². The number of aromatic nitrogens is 2. The Labute approximate surface area is 156 Å². The lowest BCUT2D eigenvalue weighted by Crippen LogP contribution is -2.45. The van der Waals surface area contributed by atoms with Crippen molar-refractivity contribution in [1.82, 2.24) is 14.9 Å². The van der Waals surface area contributed by atoms with Gasteiger partial charge >= 0.3 is 11.8 Å². The lowest BCUT2D eigenvalue weighted by atomic mass is 10.0. The molecule has 1 aromatic heterocycles. The van der Waals surface area contributed by atoms with Gasteiger partial charge in [-0.15, -0.1) is 0 Å². The van der Waals surface area contributed by atoms with Gasteiger partial charge in [0, 0.05) is 23.3 Å². The van der Waals surface area contributed by atoms with Crippen LogP contribution in [-0.4, -0.2) is 46.3 Å². The van der Waals surface area contributed by atoms with Gasteiger partial charge in [0.1, 0.15) is 5.60 Å². The van der Waals surface area contributed by atoms with Crippen molar-refractivity contribution in [2.24, 2.45) is 0 Å². The number of amides is 1. The second-order valence-electron chi connectivity index (χ2n) is 7.19. The lowest BCUT2D eigenvalue weighted by Gasteiger charge is -2.37. The number of hydrogen-bond acceptors (Lipinski definition) is 4. The van der Waals surface area contributed by atoms with Gasteiger partial charge in [0.25, 0.3) is 0 Å². The summed E-state index contributed by atoms with van der Waals surface area (Å²) in [5.74, 6) is 0. The van der Waals surface area contributed by atoms with Gasteiger partial charge in [0.05, 0.1) is 24.9 Å². The Kier molecular flexibility index (Phi) is 5.11. The van der Waals surface area contributed by atoms with Crippen molar-refractivity contribution >= 4 is 17.7 Å². The Balaban J connectivity index is 1.93. The van der Waals surface area contributed by atoms with E-state index in [4.69, 9.17) is 21.1 Å². The highest BCUT2D eigenvalue weighted by molar-refractivity contribution is 6.31. The van der Waals surface area contributed by atoms with Gasteiger partial charge in [0.2, 0.25) is 0 Å². The summed E-state index contributed by atoms with van der Waals surface area (Å²) in [5, 5.41) is 0.509. The summed E-state index contributed by atoms with van der Waals surface area (Å²) in [5.41, 5.74) is 1.32. The molecule has 1 aliphatic heterocycles. The Bertz CT molecular complexity index is 853. The molecule has 2 N–H and O–H groups in total. The van der Waals surface area contributed by atoms with Crippen LogP contribution in [-0.2, 0) is 9.47 Å². The van der Waals surface area contributed by atoms with E-state index in [0.29, 0.717) is 30.5 Å². The van der Waals surface area contributed by atoms with Crippen molar-refractivity contribution in [3.8, 4) is 11.3 Å². The molecule has 0 aliphatic carbocycles. The summed E-state index contributed by atoms with van der Waals surface area (Å²) < 4.78 is 11.1. The molecule has 1 amide bonds. The van der Waals surface area contributed by atoms with Crippen LogP contribution in [0.3, 0.4) is 0 Å². The van der Waals surface area contributed by atoms with Crippen LogP contribution in [0.4, 0.5) is 4.79 Å². The predicted octanol–water partition coefficient (Wildman–Crippen LogP) is 3.33. The molecule has 0 spiro atoms. The van der Waals surface area contributed by atoms with Crippen molar-refractivity contribution in [3.05, 3.63) is 45.5 Å². The van der Waals surface area contributed by atoms with Gasteiger partial charge in [-0.25, -0.2) is 9.59 Å². The molecule has 0 bridgehead atoms. The minimum Gasteiger partial charge on any atom is -0.444 e. The van der Waals surface area contributed by atoms with Crippen molar-refractivity contribution in [3.63, 3.8) is 0 Å². The summed E-state index contributed by atoms with van der Waals surface area (Å²) >= 11 is 6.28. The van der Waals surface area contributed by atoms with Gasteiger partial charge in [-0.05, 0) is 44.5 Å². The Morgan fingerprint density at radius 1 is 1.35 bits per heavy atom. The van der Waals surface area contributed by atoms with Gasteiger partial charge in [-0.3, -0.25) is 4.90 Å². The average Bonchev–Trinajstić information content (AvgIpc) is 2.99. The molecule has 0 radical (unpaired) electrons. The number of ether oxygens (including phenoxy) is 2. The van der Waals surface area contributed by atoms with Crippen molar-refractivity contribution in [2.45, 2.75) is 32.4 Å². The quantitative estimate of drug-likeness (QED) is 0.837. The van der Waals surface area contributed by atoms with Crippen molar-refractivity contribution < 1.29 is 14.3 Å². The zero-order valence-corrected chi connectivity index (χ0v) is 15.7. The third-order valence-electron chi connectivity index (χ3n) is 3.97. The minimum absolute atomic E-state index is 0.294. The van der Waals surface area contributed by atoms with E-state index in [1.807, 2.05) is 26.8 Å². The lowest BCUT2D eigenvalue weighted by molar-refractivity contribution is -0.0331. The molecular weight excluding hydrogens is 358 g/mol. The fourth-order valence-corrected chi connectivity index (χ4v) is 3.11. The monoisotopic (exact) mass is 379 g/mol. The number of hydrogen-bond donors (Lipinski definition) is 2. The van der Waals surface area contributed by atoms with Crippen LogP contribution < -0.4 is 5.69 Å². The number of carbonyl (C=O) groups excluding carboxylic acids is 1. The summed E-state index contributed by atoms with van der Waals surface area (Å²) in [6.45, 7) is 6.74. The van der Waals surface area contributed by atoms with E-state index in [9.17, 15) is 9.59 Å². The van der Waals surface area contributed by atoms with E-state index in [1.54, 1.807) is 23.2 Å². The molecular formula is C18H22ClN3O4. The smallest absolute Gasteiger partial charge is 0.410 e. The molecule has 3 rings (SSSR count). The van der Waals surface area contributed by atoms with E-state index in [2.05, 4.69) is 9.97 Å². The first kappa shape index (κ1) is 18.5. The molecule has 26 heavy (non-hydrogen) atoms. The number of nitrogens with zero attached hydrogens (tertiary/aromatic N) is 1. The molecule has 7 nitrogen and oxygen atoms in total. The van der Waals surface area contributed by atoms with E-state index in [-0.39, 0.29) is 17.8 Å². The van der Waals surface area contributed by atoms with Crippen LogP contribution in [0.5, 0.6) is 0 Å². The molecule has 2 aromatic rings. The fraction of sp³-hybridized carbons (Fsp3) is 0.444. The minimum atomic E-state index is -0.579. The normalized spacial score (nSPS) is 18.0. The molecule has 1 aliphatic rings. The standard InChI is InChI=1S/C18H22ClN3O4/c1-18(2,3)26-17(24)22-4-5-25-10-15(22)12-6-11(7-13(19)8-12)14-9-20-16(23)21-14/h6-9,15H,4-5,10H2,1-3H3,(H2,20,21,23)/t15-/m0/s1. The van der Waals surface area contributed by atoms with Gasteiger partial charge in [-0.1, -0.05) is 11.6 Å². The number of nitrogens with one attached hydrogen (secondary N) is 2. The molecule has 1 atom stereocenters. The Morgan fingerprint density at radius 3 is 2.77 bits per heavy atom. The summed E-state index contributed by atoms with van der Waals surface area (Å²) in [6.07, 6.45) is 1.20. The second kappa shape index (κ2) is 7.17. The second-order valence-corrected chi connectivity index (χ2v) is 7.63. The maximum atomic E-state index is 12.6. The van der Waals surface area contributed by atoms with Crippen molar-refractivity contribution in [2.75, 3.05) is 19.8 Å². The zero-order valence-electron chi connectivity index (χ0n) is 15.0. The number of benzene rings is 1. The third kappa shape index (κ3) is 4.28. The highest BCUT2D eigenvalue weighted by atomic mass is 35.5. The van der Waals surface area contributed by atoms with Crippen LogP contribution in [0.1, 0.15) is 32.4 Å². The molecule has 0 unspecified atom stereocenters. The predicted molar refractivity (Wildman–Crippen MR) is 98.4 cm³/mol. The highest BCUT2D eigenvalue weighted by Crippen LogP contribution is 2.31. The highest BCUT2D eigenvalue weighted by Gasteiger charge is 2.32. The Morgan fingerprint density at radius 2 is 2.12 bits per heavy atom. The van der Waals surface area contributed by atoms with Crippen LogP contribution in [0.15, 0.2) is 29.2 Å². The summed E-state index contributed by atoms with van der Waals surface area (Å²) in [7, 11) is 0. The van der Waals surface area contributed by atoms with E-state index < -0.39 is 5.60 Å². The largest absolute Gasteiger partial charge is 0.444 e. The number of rotatable bonds is 2. The average molecular weight is 380 g/mol. The maximum absolute atomic E-state index is 12.6. The van der Waals surface area contributed by atoms with Crippen LogP contribution in [0.2, 0.25) is 5.02 Å². The van der Waals surface area contributed by atoms with Gasteiger partial charge in [-0.2, -0.15) is 0 Å². The molecule has 2 heterocycles. The number of imidazole rings is 1. The number of halogens is 1. The van der Waals surface area contributed by atoms with E-state index >= 15 is 0 Å². The van der Waals surface area contributed by atoms with E-state index in [1.165, 1.54) is 0 Å². The number of H-pyrrole nitrogens is 2. The SMILES string of the molecule is CC(C)(C)OC(=O)N1CCOC[C@H]1c1cc(Cl)cc(-c2c[nH]c(=O)[nH]2)c1. The molecule has 1 fully saturated rings. The molecule has 1 saturated heterocycles. The van der Waals surface area contributed by atoms with Crippen LogP contribution in [0, 0.1) is 0 Å². The third-order valence-corrected chi connectivity index (χ3v) is 4.19. The number of morpholine rings is 1. The number of carbonyl (C=O) groups is 1. The van der Waals surface area contributed by atoms with E-state index in [0.717, 1.165) is 11.1 Å². The van der Waals surface area contributed by atoms with Crippen LogP contribution >= 0.6 is 11.6 Å². The first-order chi connectivity index (χ1) is 12.2. The summed E-state index contributed by atoms with van der Waals surface area (Å²) in [6, 6.07) is 5.13. The maximum Gasteiger partial charge on any atom is 0.410 e. The first-order valence-corrected chi connectivity index (χ1v) is 8.77. The molecule has 0 saturated carbocycles. The van der Waals surface area contributed by atoms with Crippen LogP contribution in [0.25, 0.3) is 11.3 Å². The zero-order chi connectivity index (χ0) is 18.9. The fourth-order valence-electron chi connectivity index (χ4n) is 2.87. The topological polar surface area (TPSA) is 87.4 Å². The molecule has 140 valence electrons. The summed E-state index contributed by atoms with van der Waals surface area (Å²) in [4.78, 5) is 30.9. The molecule has 8 heteroatoms. The van der Waals surface area contributed by atoms with Crippen molar-refractivity contribution in [1.29, 1.82) is 0 Å². The number of aromatic amines is 2.